The van der Waals surface area contributed by atoms with Crippen LogP contribution in [0.25, 0.3) is 0 Å². The van der Waals surface area contributed by atoms with Crippen molar-refractivity contribution in [2.24, 2.45) is 0 Å². The fourth-order valence-electron chi connectivity index (χ4n) is 1.34. The van der Waals surface area contributed by atoms with E-state index in [0.29, 0.717) is 0 Å². The summed E-state index contributed by atoms with van der Waals surface area (Å²) in [6.07, 6.45) is -0.241. The van der Waals surface area contributed by atoms with E-state index in [2.05, 4.69) is 0 Å². The Morgan fingerprint density at radius 1 is 1.47 bits per heavy atom. The molecule has 0 saturated carbocycles. The molecular formula is C12H16O4S. The normalized spacial score (nSPS) is 13.1. The molecule has 0 aromatic carbocycles. The summed E-state index contributed by atoms with van der Waals surface area (Å²) >= 11 is 1.36. The van der Waals surface area contributed by atoms with Gasteiger partial charge in [-0.25, -0.2) is 0 Å². The predicted octanol–water partition coefficient (Wildman–Crippen LogP) is 2.65. The van der Waals surface area contributed by atoms with Crippen LogP contribution in [-0.2, 0) is 14.3 Å². The average Bonchev–Trinajstić information content (AvgIpc) is 2.63. The first-order valence-corrected chi connectivity index (χ1v) is 6.15. The van der Waals surface area contributed by atoms with E-state index in [0.717, 1.165) is 4.88 Å². The highest BCUT2D eigenvalue weighted by molar-refractivity contribution is 7.10. The van der Waals surface area contributed by atoms with Crippen LogP contribution in [0.1, 0.15) is 38.0 Å². The molecule has 0 aliphatic carbocycles. The third kappa shape index (κ3) is 4.56. The molecule has 5 heteroatoms. The van der Waals surface area contributed by atoms with Gasteiger partial charge in [-0.2, -0.15) is 0 Å². The standard InChI is InChI=1S/C12H16O4S/c1-12(2,3)16-11(15)8(7-10(13)14)9-5-4-6-17-9/h4-6,8H,7H2,1-3H3,(H,13,14)/t8-/m0/s1. The Balaban J connectivity index is 2.84. The van der Waals surface area contributed by atoms with Crippen molar-refractivity contribution in [3.8, 4) is 0 Å². The second-order valence-corrected chi connectivity index (χ2v) is 5.68. The topological polar surface area (TPSA) is 63.6 Å². The van der Waals surface area contributed by atoms with Crippen LogP contribution >= 0.6 is 11.3 Å². The Morgan fingerprint density at radius 3 is 2.53 bits per heavy atom. The molecule has 0 unspecified atom stereocenters. The maximum absolute atomic E-state index is 11.9. The molecular weight excluding hydrogens is 240 g/mol. The highest BCUT2D eigenvalue weighted by atomic mass is 32.1. The monoisotopic (exact) mass is 256 g/mol. The van der Waals surface area contributed by atoms with Crippen molar-refractivity contribution in [3.63, 3.8) is 0 Å². The number of hydrogen-bond donors (Lipinski definition) is 1. The fraction of sp³-hybridized carbons (Fsp3) is 0.500. The number of hydrogen-bond acceptors (Lipinski definition) is 4. The van der Waals surface area contributed by atoms with Gasteiger partial charge in [-0.05, 0) is 32.2 Å². The first-order chi connectivity index (χ1) is 7.79. The number of rotatable bonds is 4. The first kappa shape index (κ1) is 13.7. The minimum absolute atomic E-state index is 0.241. The lowest BCUT2D eigenvalue weighted by atomic mass is 10.0. The van der Waals surface area contributed by atoms with Gasteiger partial charge >= 0.3 is 11.9 Å². The van der Waals surface area contributed by atoms with Gasteiger partial charge < -0.3 is 9.84 Å². The maximum atomic E-state index is 11.9. The van der Waals surface area contributed by atoms with Crippen molar-refractivity contribution in [2.75, 3.05) is 0 Å². The molecule has 0 aliphatic heterocycles. The summed E-state index contributed by atoms with van der Waals surface area (Å²) in [6.45, 7) is 5.28. The Hall–Kier alpha value is -1.36. The van der Waals surface area contributed by atoms with Gasteiger partial charge in [0.05, 0.1) is 6.42 Å². The minimum Gasteiger partial charge on any atom is -0.481 e. The third-order valence-electron chi connectivity index (χ3n) is 1.96. The number of aliphatic carboxylic acids is 1. The van der Waals surface area contributed by atoms with E-state index < -0.39 is 23.5 Å². The molecule has 0 amide bonds. The van der Waals surface area contributed by atoms with Gasteiger partial charge in [-0.3, -0.25) is 9.59 Å². The number of ether oxygens (including phenoxy) is 1. The average molecular weight is 256 g/mol. The first-order valence-electron chi connectivity index (χ1n) is 5.27. The predicted molar refractivity (Wildman–Crippen MR) is 65.2 cm³/mol. The van der Waals surface area contributed by atoms with Crippen molar-refractivity contribution < 1.29 is 19.4 Å². The zero-order valence-corrected chi connectivity index (χ0v) is 10.9. The molecule has 0 saturated heterocycles. The molecule has 1 heterocycles. The van der Waals surface area contributed by atoms with Crippen LogP contribution in [0.3, 0.4) is 0 Å². The quantitative estimate of drug-likeness (QED) is 0.841. The molecule has 1 rings (SSSR count). The summed E-state index contributed by atoms with van der Waals surface area (Å²) < 4.78 is 5.23. The Morgan fingerprint density at radius 2 is 2.12 bits per heavy atom. The molecule has 4 nitrogen and oxygen atoms in total. The smallest absolute Gasteiger partial charge is 0.315 e. The summed E-state index contributed by atoms with van der Waals surface area (Å²) in [5, 5.41) is 10.6. The van der Waals surface area contributed by atoms with E-state index in [1.807, 2.05) is 5.38 Å². The number of carboxylic acids is 1. The SMILES string of the molecule is CC(C)(C)OC(=O)[C@@H](CC(=O)O)c1cccs1. The third-order valence-corrected chi connectivity index (χ3v) is 2.94. The summed E-state index contributed by atoms with van der Waals surface area (Å²) in [6, 6.07) is 3.54. The lowest BCUT2D eigenvalue weighted by Crippen LogP contribution is -2.28. The van der Waals surface area contributed by atoms with Crippen molar-refractivity contribution in [3.05, 3.63) is 22.4 Å². The fourth-order valence-corrected chi connectivity index (χ4v) is 2.15. The summed E-state index contributed by atoms with van der Waals surface area (Å²) in [5.74, 6) is -2.21. The molecule has 17 heavy (non-hydrogen) atoms. The van der Waals surface area contributed by atoms with Crippen LogP contribution in [-0.4, -0.2) is 22.6 Å². The summed E-state index contributed by atoms with van der Waals surface area (Å²) in [4.78, 5) is 23.4. The maximum Gasteiger partial charge on any atom is 0.315 e. The molecule has 1 aromatic heterocycles. The van der Waals surface area contributed by atoms with Crippen LogP contribution in [0.15, 0.2) is 17.5 Å². The molecule has 0 bridgehead atoms. The van der Waals surface area contributed by atoms with Crippen molar-refractivity contribution in [1.29, 1.82) is 0 Å². The Bertz CT molecular complexity index is 389. The van der Waals surface area contributed by atoms with Crippen LogP contribution in [0.2, 0.25) is 0 Å². The van der Waals surface area contributed by atoms with E-state index in [-0.39, 0.29) is 6.42 Å². The lowest BCUT2D eigenvalue weighted by molar-refractivity contribution is -0.159. The van der Waals surface area contributed by atoms with E-state index in [4.69, 9.17) is 9.84 Å². The van der Waals surface area contributed by atoms with E-state index in [1.165, 1.54) is 11.3 Å². The molecule has 94 valence electrons. The van der Waals surface area contributed by atoms with Crippen molar-refractivity contribution in [2.45, 2.75) is 38.7 Å². The van der Waals surface area contributed by atoms with Crippen molar-refractivity contribution in [1.82, 2.24) is 0 Å². The van der Waals surface area contributed by atoms with Gasteiger partial charge in [0.25, 0.3) is 0 Å². The molecule has 1 N–H and O–H groups in total. The highest BCUT2D eigenvalue weighted by Gasteiger charge is 2.29. The number of esters is 1. The largest absolute Gasteiger partial charge is 0.481 e. The highest BCUT2D eigenvalue weighted by Crippen LogP contribution is 2.27. The van der Waals surface area contributed by atoms with E-state index in [9.17, 15) is 9.59 Å². The van der Waals surface area contributed by atoms with E-state index >= 15 is 0 Å². The number of thiophene rings is 1. The summed E-state index contributed by atoms with van der Waals surface area (Å²) in [5.41, 5.74) is -0.606. The molecule has 0 aliphatic rings. The molecule has 1 aromatic rings. The molecule has 0 spiro atoms. The van der Waals surface area contributed by atoms with Gasteiger partial charge in [-0.15, -0.1) is 11.3 Å². The van der Waals surface area contributed by atoms with Gasteiger partial charge in [0.2, 0.25) is 0 Å². The van der Waals surface area contributed by atoms with Gasteiger partial charge in [0.15, 0.2) is 0 Å². The van der Waals surface area contributed by atoms with Gasteiger partial charge in [0.1, 0.15) is 11.5 Å². The van der Waals surface area contributed by atoms with Crippen LogP contribution < -0.4 is 0 Å². The second-order valence-electron chi connectivity index (χ2n) is 4.70. The molecule has 0 fully saturated rings. The van der Waals surface area contributed by atoms with Gasteiger partial charge in [0, 0.05) is 4.88 Å². The zero-order valence-electron chi connectivity index (χ0n) is 10.1. The lowest BCUT2D eigenvalue weighted by Gasteiger charge is -2.22. The number of carboxylic acid groups (broad SMARTS) is 1. The van der Waals surface area contributed by atoms with Crippen LogP contribution in [0.4, 0.5) is 0 Å². The van der Waals surface area contributed by atoms with Crippen molar-refractivity contribution >= 4 is 23.3 Å². The number of carbonyl (C=O) groups is 2. The van der Waals surface area contributed by atoms with Crippen LogP contribution in [0, 0.1) is 0 Å². The Labute approximate surface area is 104 Å². The second kappa shape index (κ2) is 5.31. The van der Waals surface area contributed by atoms with Crippen LogP contribution in [0.5, 0.6) is 0 Å². The summed E-state index contributed by atoms with van der Waals surface area (Å²) in [7, 11) is 0. The molecule has 0 radical (unpaired) electrons. The van der Waals surface area contributed by atoms with Gasteiger partial charge in [-0.1, -0.05) is 6.07 Å². The van der Waals surface area contributed by atoms with E-state index in [1.54, 1.807) is 32.9 Å². The Kier molecular flexibility index (Phi) is 4.28. The number of carbonyl (C=O) groups excluding carboxylic acids is 1. The molecule has 1 atom stereocenters. The minimum atomic E-state index is -1.01. The zero-order chi connectivity index (χ0) is 13.1.